The summed E-state index contributed by atoms with van der Waals surface area (Å²) in [4.78, 5) is 0. The van der Waals surface area contributed by atoms with E-state index in [4.69, 9.17) is 17.3 Å². The SMILES string of the molecule is Cc1ccc(CC(N)Cc2ccc(Cl)cc2)cc1. The molecule has 1 atom stereocenters. The van der Waals surface area contributed by atoms with Crippen LogP contribution in [0.1, 0.15) is 16.7 Å². The molecule has 0 radical (unpaired) electrons. The quantitative estimate of drug-likeness (QED) is 0.889. The molecule has 0 bridgehead atoms. The minimum Gasteiger partial charge on any atom is -0.327 e. The van der Waals surface area contributed by atoms with Gasteiger partial charge in [0, 0.05) is 11.1 Å². The van der Waals surface area contributed by atoms with Crippen molar-refractivity contribution in [1.82, 2.24) is 0 Å². The van der Waals surface area contributed by atoms with Gasteiger partial charge in [0.1, 0.15) is 0 Å². The Morgan fingerprint density at radius 1 is 0.889 bits per heavy atom. The molecule has 0 aliphatic heterocycles. The van der Waals surface area contributed by atoms with Crippen LogP contribution in [0, 0.1) is 6.92 Å². The summed E-state index contributed by atoms with van der Waals surface area (Å²) >= 11 is 5.86. The molecule has 2 heteroatoms. The Hall–Kier alpha value is -1.31. The molecule has 0 aromatic heterocycles. The van der Waals surface area contributed by atoms with Crippen LogP contribution in [0.2, 0.25) is 5.02 Å². The van der Waals surface area contributed by atoms with Crippen molar-refractivity contribution >= 4 is 11.6 Å². The second-order valence-corrected chi connectivity index (χ2v) is 5.22. The van der Waals surface area contributed by atoms with E-state index in [1.165, 1.54) is 16.7 Å². The summed E-state index contributed by atoms with van der Waals surface area (Å²) in [6.07, 6.45) is 1.79. The maximum Gasteiger partial charge on any atom is 0.0406 e. The predicted molar refractivity (Wildman–Crippen MR) is 78.0 cm³/mol. The van der Waals surface area contributed by atoms with Gasteiger partial charge in [0.2, 0.25) is 0 Å². The summed E-state index contributed by atoms with van der Waals surface area (Å²) in [6.45, 7) is 2.09. The van der Waals surface area contributed by atoms with Crippen LogP contribution in [0.4, 0.5) is 0 Å². The average Bonchev–Trinajstić information content (AvgIpc) is 2.35. The number of hydrogen-bond donors (Lipinski definition) is 1. The standard InChI is InChI=1S/C16H18ClN/c1-12-2-4-13(5-3-12)10-16(18)11-14-6-8-15(17)9-7-14/h2-9,16H,10-11,18H2,1H3. The first-order valence-corrected chi connectivity index (χ1v) is 6.57. The lowest BCUT2D eigenvalue weighted by Gasteiger charge is -2.12. The molecule has 0 amide bonds. The zero-order valence-electron chi connectivity index (χ0n) is 10.6. The number of aryl methyl sites for hydroxylation is 1. The summed E-state index contributed by atoms with van der Waals surface area (Å²) < 4.78 is 0. The Morgan fingerprint density at radius 3 is 1.83 bits per heavy atom. The molecule has 1 unspecified atom stereocenters. The highest BCUT2D eigenvalue weighted by Crippen LogP contribution is 2.12. The third-order valence-electron chi connectivity index (χ3n) is 3.03. The first-order valence-electron chi connectivity index (χ1n) is 6.19. The van der Waals surface area contributed by atoms with Gasteiger partial charge in [-0.1, -0.05) is 53.6 Å². The van der Waals surface area contributed by atoms with E-state index in [1.807, 2.05) is 24.3 Å². The summed E-state index contributed by atoms with van der Waals surface area (Å²) in [5.41, 5.74) is 9.99. The largest absolute Gasteiger partial charge is 0.327 e. The van der Waals surface area contributed by atoms with Crippen LogP contribution in [0.3, 0.4) is 0 Å². The molecule has 94 valence electrons. The number of halogens is 1. The first kappa shape index (κ1) is 13.1. The van der Waals surface area contributed by atoms with Gasteiger partial charge in [-0.2, -0.15) is 0 Å². The molecule has 1 nitrogen and oxygen atoms in total. The van der Waals surface area contributed by atoms with Gasteiger partial charge in [0.15, 0.2) is 0 Å². The molecular weight excluding hydrogens is 242 g/mol. The van der Waals surface area contributed by atoms with Crippen LogP contribution in [0.25, 0.3) is 0 Å². The van der Waals surface area contributed by atoms with Crippen molar-refractivity contribution in [2.24, 2.45) is 5.73 Å². The maximum absolute atomic E-state index is 6.18. The molecule has 0 aliphatic carbocycles. The van der Waals surface area contributed by atoms with E-state index in [0.29, 0.717) is 0 Å². The molecular formula is C16H18ClN. The van der Waals surface area contributed by atoms with Gasteiger partial charge in [-0.25, -0.2) is 0 Å². The van der Waals surface area contributed by atoms with Crippen LogP contribution >= 0.6 is 11.6 Å². The molecule has 0 spiro atoms. The monoisotopic (exact) mass is 259 g/mol. The minimum atomic E-state index is 0.147. The lowest BCUT2D eigenvalue weighted by molar-refractivity contribution is 0.665. The van der Waals surface area contributed by atoms with Gasteiger partial charge < -0.3 is 5.73 Å². The van der Waals surface area contributed by atoms with E-state index < -0.39 is 0 Å². The highest BCUT2D eigenvalue weighted by molar-refractivity contribution is 6.30. The van der Waals surface area contributed by atoms with Crippen molar-refractivity contribution in [3.05, 3.63) is 70.2 Å². The fourth-order valence-electron chi connectivity index (χ4n) is 2.02. The highest BCUT2D eigenvalue weighted by Gasteiger charge is 2.05. The van der Waals surface area contributed by atoms with E-state index >= 15 is 0 Å². The van der Waals surface area contributed by atoms with Crippen LogP contribution < -0.4 is 5.73 Å². The van der Waals surface area contributed by atoms with Gasteiger partial charge in [-0.15, -0.1) is 0 Å². The van der Waals surface area contributed by atoms with E-state index in [2.05, 4.69) is 31.2 Å². The summed E-state index contributed by atoms with van der Waals surface area (Å²) in [6, 6.07) is 16.6. The number of benzene rings is 2. The number of nitrogens with two attached hydrogens (primary N) is 1. The van der Waals surface area contributed by atoms with E-state index in [1.54, 1.807) is 0 Å². The lowest BCUT2D eigenvalue weighted by Crippen LogP contribution is -2.25. The maximum atomic E-state index is 6.18. The van der Waals surface area contributed by atoms with Crippen LogP contribution in [-0.2, 0) is 12.8 Å². The van der Waals surface area contributed by atoms with Crippen molar-refractivity contribution in [3.63, 3.8) is 0 Å². The number of rotatable bonds is 4. The molecule has 0 saturated carbocycles. The highest BCUT2D eigenvalue weighted by atomic mass is 35.5. The molecule has 0 fully saturated rings. The zero-order valence-corrected chi connectivity index (χ0v) is 11.3. The van der Waals surface area contributed by atoms with Crippen molar-refractivity contribution in [2.75, 3.05) is 0 Å². The van der Waals surface area contributed by atoms with Crippen molar-refractivity contribution in [3.8, 4) is 0 Å². The Morgan fingerprint density at radius 2 is 1.33 bits per heavy atom. The molecule has 0 saturated heterocycles. The molecule has 0 heterocycles. The first-order chi connectivity index (χ1) is 8.63. The summed E-state index contributed by atoms with van der Waals surface area (Å²) in [5.74, 6) is 0. The van der Waals surface area contributed by atoms with Gasteiger partial charge in [0.05, 0.1) is 0 Å². The smallest absolute Gasteiger partial charge is 0.0406 e. The molecule has 2 N–H and O–H groups in total. The van der Waals surface area contributed by atoms with Gasteiger partial charge in [0.25, 0.3) is 0 Å². The molecule has 18 heavy (non-hydrogen) atoms. The molecule has 2 aromatic carbocycles. The zero-order chi connectivity index (χ0) is 13.0. The Kier molecular flexibility index (Phi) is 4.40. The van der Waals surface area contributed by atoms with Crippen molar-refractivity contribution < 1.29 is 0 Å². The van der Waals surface area contributed by atoms with Gasteiger partial charge >= 0.3 is 0 Å². The Balaban J connectivity index is 1.94. The van der Waals surface area contributed by atoms with E-state index in [9.17, 15) is 0 Å². The van der Waals surface area contributed by atoms with Crippen LogP contribution in [-0.4, -0.2) is 6.04 Å². The average molecular weight is 260 g/mol. The minimum absolute atomic E-state index is 0.147. The van der Waals surface area contributed by atoms with Crippen molar-refractivity contribution in [1.29, 1.82) is 0 Å². The van der Waals surface area contributed by atoms with E-state index in [-0.39, 0.29) is 6.04 Å². The summed E-state index contributed by atoms with van der Waals surface area (Å²) in [7, 11) is 0. The fourth-order valence-corrected chi connectivity index (χ4v) is 2.15. The van der Waals surface area contributed by atoms with Crippen LogP contribution in [0.5, 0.6) is 0 Å². The predicted octanol–water partition coefficient (Wildman–Crippen LogP) is 3.76. The normalized spacial score (nSPS) is 12.4. The Bertz CT molecular complexity index is 440. The topological polar surface area (TPSA) is 26.0 Å². The second kappa shape index (κ2) is 6.03. The van der Waals surface area contributed by atoms with Crippen molar-refractivity contribution in [2.45, 2.75) is 25.8 Å². The molecule has 0 aliphatic rings. The second-order valence-electron chi connectivity index (χ2n) is 4.78. The number of hydrogen-bond acceptors (Lipinski definition) is 1. The third kappa shape index (κ3) is 3.86. The summed E-state index contributed by atoms with van der Waals surface area (Å²) in [5, 5.41) is 0.769. The fraction of sp³-hybridized carbons (Fsp3) is 0.250. The van der Waals surface area contributed by atoms with Gasteiger partial charge in [-0.05, 0) is 43.0 Å². The molecule has 2 rings (SSSR count). The Labute approximate surface area is 114 Å². The third-order valence-corrected chi connectivity index (χ3v) is 3.28. The van der Waals surface area contributed by atoms with Crippen LogP contribution in [0.15, 0.2) is 48.5 Å². The van der Waals surface area contributed by atoms with Gasteiger partial charge in [-0.3, -0.25) is 0 Å². The molecule has 2 aromatic rings. The lowest BCUT2D eigenvalue weighted by atomic mass is 9.99. The van der Waals surface area contributed by atoms with E-state index in [0.717, 1.165) is 17.9 Å².